The highest BCUT2D eigenvalue weighted by Crippen LogP contribution is 2.33. The van der Waals surface area contributed by atoms with Gasteiger partial charge in [0.25, 0.3) is 0 Å². The third kappa shape index (κ3) is 6.73. The van der Waals surface area contributed by atoms with Crippen molar-refractivity contribution in [1.82, 2.24) is 15.2 Å². The van der Waals surface area contributed by atoms with Gasteiger partial charge in [-0.1, -0.05) is 73.9 Å². The lowest BCUT2D eigenvalue weighted by Crippen LogP contribution is -2.48. The number of ether oxygens (including phenoxy) is 2. The SMILES string of the molecule is COc1ccc([C@@H](C(=O)NC2CCCCC2)N(CCc2ccccc2)C(=O)Cc2c[nH]c3ccccc23)cc1OC. The molecule has 41 heavy (non-hydrogen) atoms. The topological polar surface area (TPSA) is 83.7 Å². The van der Waals surface area contributed by atoms with Crippen LogP contribution in [0.25, 0.3) is 10.9 Å². The van der Waals surface area contributed by atoms with Crippen LogP contribution in [-0.2, 0) is 22.4 Å². The molecular weight excluding hydrogens is 514 g/mol. The third-order valence-electron chi connectivity index (χ3n) is 8.06. The van der Waals surface area contributed by atoms with E-state index in [9.17, 15) is 9.59 Å². The summed E-state index contributed by atoms with van der Waals surface area (Å²) >= 11 is 0. The minimum atomic E-state index is -0.821. The van der Waals surface area contributed by atoms with E-state index in [0.717, 1.165) is 47.7 Å². The Bertz CT molecular complexity index is 1460. The number of carbonyl (C=O) groups is 2. The number of hydrogen-bond acceptors (Lipinski definition) is 4. The molecule has 214 valence electrons. The quantitative estimate of drug-likeness (QED) is 0.239. The fourth-order valence-corrected chi connectivity index (χ4v) is 5.86. The summed E-state index contributed by atoms with van der Waals surface area (Å²) in [5.41, 5.74) is 3.69. The summed E-state index contributed by atoms with van der Waals surface area (Å²) in [6, 6.07) is 22.8. The molecule has 2 N–H and O–H groups in total. The highest BCUT2D eigenvalue weighted by atomic mass is 16.5. The van der Waals surface area contributed by atoms with Crippen molar-refractivity contribution in [3.05, 3.63) is 95.7 Å². The van der Waals surface area contributed by atoms with Crippen LogP contribution < -0.4 is 14.8 Å². The second kappa shape index (κ2) is 13.4. The van der Waals surface area contributed by atoms with Crippen molar-refractivity contribution < 1.29 is 19.1 Å². The van der Waals surface area contributed by atoms with E-state index in [1.54, 1.807) is 25.2 Å². The van der Waals surface area contributed by atoms with Gasteiger partial charge in [-0.05, 0) is 54.2 Å². The van der Waals surface area contributed by atoms with E-state index in [0.29, 0.717) is 30.0 Å². The Morgan fingerprint density at radius 3 is 2.41 bits per heavy atom. The molecule has 7 nitrogen and oxygen atoms in total. The van der Waals surface area contributed by atoms with Crippen LogP contribution in [0.4, 0.5) is 0 Å². The number of aromatic amines is 1. The number of fused-ring (bicyclic) bond motifs is 1. The Hall–Kier alpha value is -4.26. The minimum absolute atomic E-state index is 0.107. The number of aromatic nitrogens is 1. The molecule has 1 heterocycles. The number of nitrogens with zero attached hydrogens (tertiary/aromatic N) is 1. The van der Waals surface area contributed by atoms with E-state index >= 15 is 0 Å². The average Bonchev–Trinajstić information content (AvgIpc) is 3.42. The summed E-state index contributed by atoms with van der Waals surface area (Å²) < 4.78 is 11.1. The summed E-state index contributed by atoms with van der Waals surface area (Å²) in [4.78, 5) is 33.4. The van der Waals surface area contributed by atoms with Gasteiger partial charge in [-0.2, -0.15) is 0 Å². The highest BCUT2D eigenvalue weighted by molar-refractivity contribution is 5.92. The molecule has 1 atom stereocenters. The zero-order valence-corrected chi connectivity index (χ0v) is 23.9. The van der Waals surface area contributed by atoms with Crippen molar-refractivity contribution in [1.29, 1.82) is 0 Å². The molecular formula is C34H39N3O4. The summed E-state index contributed by atoms with van der Waals surface area (Å²) in [5.74, 6) is 0.824. The number of methoxy groups -OCH3 is 2. The van der Waals surface area contributed by atoms with Crippen LogP contribution >= 0.6 is 0 Å². The minimum Gasteiger partial charge on any atom is -0.493 e. The largest absolute Gasteiger partial charge is 0.493 e. The summed E-state index contributed by atoms with van der Waals surface area (Å²) in [6.07, 6.45) is 8.01. The van der Waals surface area contributed by atoms with E-state index < -0.39 is 6.04 Å². The van der Waals surface area contributed by atoms with Gasteiger partial charge in [0.2, 0.25) is 11.8 Å². The maximum atomic E-state index is 14.2. The molecule has 0 aliphatic heterocycles. The van der Waals surface area contributed by atoms with E-state index in [-0.39, 0.29) is 24.3 Å². The number of nitrogens with one attached hydrogen (secondary N) is 2. The van der Waals surface area contributed by atoms with Crippen molar-refractivity contribution in [2.75, 3.05) is 20.8 Å². The second-order valence-corrected chi connectivity index (χ2v) is 10.7. The number of para-hydroxylation sites is 1. The zero-order chi connectivity index (χ0) is 28.6. The van der Waals surface area contributed by atoms with Crippen molar-refractivity contribution in [3.8, 4) is 11.5 Å². The molecule has 0 spiro atoms. The summed E-state index contributed by atoms with van der Waals surface area (Å²) in [6.45, 7) is 0.391. The van der Waals surface area contributed by atoms with Gasteiger partial charge in [-0.15, -0.1) is 0 Å². The number of carbonyl (C=O) groups excluding carboxylic acids is 2. The predicted octanol–water partition coefficient (Wildman–Crippen LogP) is 5.99. The molecule has 1 aliphatic rings. The first kappa shape index (κ1) is 28.3. The Balaban J connectivity index is 1.52. The Morgan fingerprint density at radius 2 is 1.66 bits per heavy atom. The molecule has 2 amide bonds. The molecule has 0 radical (unpaired) electrons. The van der Waals surface area contributed by atoms with Gasteiger partial charge >= 0.3 is 0 Å². The molecule has 0 unspecified atom stereocenters. The molecule has 7 heteroatoms. The number of rotatable bonds is 11. The van der Waals surface area contributed by atoms with Crippen LogP contribution in [0.1, 0.15) is 54.8 Å². The van der Waals surface area contributed by atoms with E-state index in [1.165, 1.54) is 6.42 Å². The fourth-order valence-electron chi connectivity index (χ4n) is 5.86. The zero-order valence-electron chi connectivity index (χ0n) is 23.9. The van der Waals surface area contributed by atoms with Gasteiger partial charge in [-0.3, -0.25) is 9.59 Å². The number of H-pyrrole nitrogens is 1. The monoisotopic (exact) mass is 553 g/mol. The van der Waals surface area contributed by atoms with E-state index in [4.69, 9.17) is 9.47 Å². The van der Waals surface area contributed by atoms with Gasteiger partial charge in [0, 0.05) is 29.7 Å². The molecule has 5 rings (SSSR count). The standard InChI is InChI=1S/C34H39N3O4/c1-40-30-18-17-25(21-31(30)41-2)33(34(39)36-27-13-7-4-8-14-27)37(20-19-24-11-5-3-6-12-24)32(38)22-26-23-35-29-16-10-9-15-28(26)29/h3,5-6,9-12,15-18,21,23,27,33,35H,4,7-8,13-14,19-20,22H2,1-2H3,(H,36,39)/t33-/m0/s1. The molecule has 1 saturated carbocycles. The number of benzene rings is 3. The van der Waals surface area contributed by atoms with Crippen LogP contribution in [0.2, 0.25) is 0 Å². The van der Waals surface area contributed by atoms with Crippen LogP contribution in [0.15, 0.2) is 79.0 Å². The Kier molecular flexibility index (Phi) is 9.24. The van der Waals surface area contributed by atoms with Gasteiger partial charge in [0.05, 0.1) is 20.6 Å². The first-order valence-corrected chi connectivity index (χ1v) is 14.5. The van der Waals surface area contributed by atoms with Gasteiger partial charge in [-0.25, -0.2) is 0 Å². The first-order valence-electron chi connectivity index (χ1n) is 14.5. The highest BCUT2D eigenvalue weighted by Gasteiger charge is 2.33. The molecule has 1 aromatic heterocycles. The Labute approximate surface area is 241 Å². The summed E-state index contributed by atoms with van der Waals surface area (Å²) in [7, 11) is 3.16. The lowest BCUT2D eigenvalue weighted by Gasteiger charge is -2.34. The molecule has 0 bridgehead atoms. The number of amides is 2. The van der Waals surface area contributed by atoms with Crippen molar-refractivity contribution in [2.45, 2.75) is 57.0 Å². The second-order valence-electron chi connectivity index (χ2n) is 10.7. The molecule has 1 aliphatic carbocycles. The fraction of sp³-hybridized carbons (Fsp3) is 0.353. The maximum Gasteiger partial charge on any atom is 0.247 e. The molecule has 0 saturated heterocycles. The molecule has 4 aromatic rings. The molecule has 1 fully saturated rings. The van der Waals surface area contributed by atoms with Crippen molar-refractivity contribution in [2.24, 2.45) is 0 Å². The average molecular weight is 554 g/mol. The lowest BCUT2D eigenvalue weighted by molar-refractivity contribution is -0.140. The van der Waals surface area contributed by atoms with Crippen LogP contribution in [0.3, 0.4) is 0 Å². The maximum absolute atomic E-state index is 14.2. The first-order chi connectivity index (χ1) is 20.1. The van der Waals surface area contributed by atoms with E-state index in [1.807, 2.05) is 60.8 Å². The smallest absolute Gasteiger partial charge is 0.247 e. The van der Waals surface area contributed by atoms with Crippen molar-refractivity contribution >= 4 is 22.7 Å². The van der Waals surface area contributed by atoms with Crippen LogP contribution in [-0.4, -0.2) is 48.5 Å². The van der Waals surface area contributed by atoms with Gasteiger partial charge < -0.3 is 24.7 Å². The Morgan fingerprint density at radius 1 is 0.927 bits per heavy atom. The van der Waals surface area contributed by atoms with Crippen LogP contribution in [0, 0.1) is 0 Å². The number of hydrogen-bond donors (Lipinski definition) is 2. The van der Waals surface area contributed by atoms with E-state index in [2.05, 4.69) is 22.4 Å². The van der Waals surface area contributed by atoms with Crippen molar-refractivity contribution in [3.63, 3.8) is 0 Å². The van der Waals surface area contributed by atoms with Gasteiger partial charge in [0.15, 0.2) is 11.5 Å². The molecule has 3 aromatic carbocycles. The third-order valence-corrected chi connectivity index (χ3v) is 8.06. The normalized spacial score (nSPS) is 14.4. The van der Waals surface area contributed by atoms with Gasteiger partial charge in [0.1, 0.15) is 6.04 Å². The van der Waals surface area contributed by atoms with Crippen LogP contribution in [0.5, 0.6) is 11.5 Å². The lowest BCUT2D eigenvalue weighted by atomic mass is 9.94. The predicted molar refractivity (Wildman–Crippen MR) is 161 cm³/mol. The summed E-state index contributed by atoms with van der Waals surface area (Å²) in [5, 5.41) is 4.31.